The molecule has 6 heteroatoms. The summed E-state index contributed by atoms with van der Waals surface area (Å²) in [4.78, 5) is 11.5. The first-order valence-corrected chi connectivity index (χ1v) is 7.26. The fraction of sp³-hybridized carbons (Fsp3) is 0.562. The van der Waals surface area contributed by atoms with Crippen LogP contribution in [0.3, 0.4) is 0 Å². The van der Waals surface area contributed by atoms with Gasteiger partial charge >= 0.3 is 6.09 Å². The highest BCUT2D eigenvalue weighted by atomic mass is 19.1. The first-order valence-electron chi connectivity index (χ1n) is 7.26. The third-order valence-electron chi connectivity index (χ3n) is 2.91. The van der Waals surface area contributed by atoms with Gasteiger partial charge in [-0.3, -0.25) is 0 Å². The molecule has 2 unspecified atom stereocenters. The van der Waals surface area contributed by atoms with Gasteiger partial charge in [0.05, 0.1) is 0 Å². The molecular formula is C16H24F2N2O2. The number of carbonyl (C=O) groups excluding carboxylic acids is 1. The SMILES string of the molecule is CC(CNC(=O)OC(C)(C)C)NC(C)c1cc(F)ccc1F. The van der Waals surface area contributed by atoms with Gasteiger partial charge in [-0.15, -0.1) is 0 Å². The highest BCUT2D eigenvalue weighted by Gasteiger charge is 2.18. The summed E-state index contributed by atoms with van der Waals surface area (Å²) in [6.45, 7) is 9.23. The lowest BCUT2D eigenvalue weighted by Gasteiger charge is -2.23. The fourth-order valence-corrected chi connectivity index (χ4v) is 1.97. The van der Waals surface area contributed by atoms with Gasteiger partial charge in [0.25, 0.3) is 0 Å². The lowest BCUT2D eigenvalue weighted by Crippen LogP contribution is -2.42. The molecule has 0 aliphatic heterocycles. The van der Waals surface area contributed by atoms with Crippen LogP contribution in [0.25, 0.3) is 0 Å². The molecule has 1 aromatic rings. The zero-order valence-electron chi connectivity index (χ0n) is 13.7. The lowest BCUT2D eigenvalue weighted by molar-refractivity contribution is 0.0522. The van der Waals surface area contributed by atoms with E-state index in [1.807, 2.05) is 6.92 Å². The van der Waals surface area contributed by atoms with Crippen molar-refractivity contribution in [3.05, 3.63) is 35.4 Å². The van der Waals surface area contributed by atoms with Gasteiger partial charge in [-0.25, -0.2) is 13.6 Å². The molecule has 2 N–H and O–H groups in total. The summed E-state index contributed by atoms with van der Waals surface area (Å²) in [7, 11) is 0. The van der Waals surface area contributed by atoms with Crippen LogP contribution in [0.5, 0.6) is 0 Å². The summed E-state index contributed by atoms with van der Waals surface area (Å²) in [6, 6.07) is 2.84. The Balaban J connectivity index is 2.49. The molecule has 0 saturated heterocycles. The summed E-state index contributed by atoms with van der Waals surface area (Å²) in [6.07, 6.45) is -0.509. The van der Waals surface area contributed by atoms with Gasteiger partial charge in [-0.05, 0) is 52.8 Å². The van der Waals surface area contributed by atoms with Crippen LogP contribution >= 0.6 is 0 Å². The monoisotopic (exact) mass is 314 g/mol. The number of nitrogens with one attached hydrogen (secondary N) is 2. The molecule has 0 radical (unpaired) electrons. The summed E-state index contributed by atoms with van der Waals surface area (Å²) in [5, 5.41) is 5.74. The molecule has 2 atom stereocenters. The van der Waals surface area contributed by atoms with E-state index in [4.69, 9.17) is 4.74 Å². The molecule has 1 aromatic carbocycles. The maximum absolute atomic E-state index is 13.7. The first kappa shape index (κ1) is 18.4. The smallest absolute Gasteiger partial charge is 0.407 e. The van der Waals surface area contributed by atoms with E-state index in [1.165, 1.54) is 6.07 Å². The molecule has 0 saturated carbocycles. The average Bonchev–Trinajstić information content (AvgIpc) is 2.37. The molecular weight excluding hydrogens is 290 g/mol. The minimum absolute atomic E-state index is 0.134. The first-order chi connectivity index (χ1) is 10.1. The zero-order valence-corrected chi connectivity index (χ0v) is 13.7. The van der Waals surface area contributed by atoms with Gasteiger partial charge in [0.1, 0.15) is 17.2 Å². The van der Waals surface area contributed by atoms with Crippen LogP contribution in [0.1, 0.15) is 46.2 Å². The van der Waals surface area contributed by atoms with Crippen molar-refractivity contribution < 1.29 is 18.3 Å². The third kappa shape index (κ3) is 6.39. The van der Waals surface area contributed by atoms with Crippen LogP contribution < -0.4 is 10.6 Å². The Morgan fingerprint density at radius 3 is 2.50 bits per heavy atom. The predicted octanol–water partition coefficient (Wildman–Crippen LogP) is 3.53. The van der Waals surface area contributed by atoms with Crippen molar-refractivity contribution >= 4 is 6.09 Å². The molecule has 1 amide bonds. The number of rotatable bonds is 5. The molecule has 0 fully saturated rings. The number of alkyl carbamates (subject to hydrolysis) is 1. The van der Waals surface area contributed by atoms with E-state index in [2.05, 4.69) is 10.6 Å². The van der Waals surface area contributed by atoms with Crippen molar-refractivity contribution in [2.24, 2.45) is 0 Å². The molecule has 124 valence electrons. The molecule has 0 spiro atoms. The highest BCUT2D eigenvalue weighted by Crippen LogP contribution is 2.18. The Labute approximate surface area is 130 Å². The largest absolute Gasteiger partial charge is 0.444 e. The molecule has 4 nitrogen and oxygen atoms in total. The molecule has 0 aliphatic carbocycles. The maximum Gasteiger partial charge on any atom is 0.407 e. The standard InChI is InChI=1S/C16H24F2N2O2/c1-10(9-19-15(21)22-16(3,4)5)20-11(2)13-8-12(17)6-7-14(13)18/h6-8,10-11,20H,9H2,1-5H3,(H,19,21). The lowest BCUT2D eigenvalue weighted by atomic mass is 10.1. The molecule has 0 bridgehead atoms. The van der Waals surface area contributed by atoms with Crippen LogP contribution in [0.4, 0.5) is 13.6 Å². The quantitative estimate of drug-likeness (QED) is 0.874. The van der Waals surface area contributed by atoms with E-state index in [1.54, 1.807) is 27.7 Å². The van der Waals surface area contributed by atoms with Crippen molar-refractivity contribution in [2.45, 2.75) is 52.3 Å². The van der Waals surface area contributed by atoms with Crippen LogP contribution in [-0.2, 0) is 4.74 Å². The number of carbonyl (C=O) groups is 1. The highest BCUT2D eigenvalue weighted by molar-refractivity contribution is 5.67. The summed E-state index contributed by atoms with van der Waals surface area (Å²) >= 11 is 0. The second kappa shape index (κ2) is 7.54. The normalized spacial score (nSPS) is 14.3. The van der Waals surface area contributed by atoms with Gasteiger partial charge < -0.3 is 15.4 Å². The van der Waals surface area contributed by atoms with Crippen molar-refractivity contribution in [3.63, 3.8) is 0 Å². The average molecular weight is 314 g/mol. The van der Waals surface area contributed by atoms with Crippen molar-refractivity contribution in [1.29, 1.82) is 0 Å². The minimum Gasteiger partial charge on any atom is -0.444 e. The fourth-order valence-electron chi connectivity index (χ4n) is 1.97. The van der Waals surface area contributed by atoms with E-state index in [0.717, 1.165) is 12.1 Å². The topological polar surface area (TPSA) is 50.4 Å². The number of amides is 1. The van der Waals surface area contributed by atoms with Gasteiger partial charge in [0, 0.05) is 24.2 Å². The number of halogens is 2. The van der Waals surface area contributed by atoms with Gasteiger partial charge in [-0.1, -0.05) is 0 Å². The Hall–Kier alpha value is -1.69. The van der Waals surface area contributed by atoms with Gasteiger partial charge in [0.2, 0.25) is 0 Å². The molecule has 0 aliphatic rings. The number of hydrogen-bond donors (Lipinski definition) is 2. The Morgan fingerprint density at radius 1 is 1.27 bits per heavy atom. The molecule has 0 heterocycles. The van der Waals surface area contributed by atoms with Gasteiger partial charge in [0.15, 0.2) is 0 Å². The second-order valence-corrected chi connectivity index (χ2v) is 6.34. The van der Waals surface area contributed by atoms with Crippen molar-refractivity contribution in [1.82, 2.24) is 10.6 Å². The van der Waals surface area contributed by atoms with Crippen LogP contribution in [0.15, 0.2) is 18.2 Å². The molecule has 0 aromatic heterocycles. The second-order valence-electron chi connectivity index (χ2n) is 6.34. The summed E-state index contributed by atoms with van der Waals surface area (Å²) < 4.78 is 32.0. The van der Waals surface area contributed by atoms with E-state index in [9.17, 15) is 13.6 Å². The molecule has 1 rings (SSSR count). The Kier molecular flexibility index (Phi) is 6.29. The van der Waals surface area contributed by atoms with Crippen LogP contribution in [-0.4, -0.2) is 24.3 Å². The van der Waals surface area contributed by atoms with E-state index >= 15 is 0 Å². The summed E-state index contributed by atoms with van der Waals surface area (Å²) in [5.74, 6) is -0.946. The van der Waals surface area contributed by atoms with E-state index in [-0.39, 0.29) is 17.6 Å². The van der Waals surface area contributed by atoms with Crippen molar-refractivity contribution in [3.8, 4) is 0 Å². The Morgan fingerprint density at radius 2 is 1.91 bits per heavy atom. The van der Waals surface area contributed by atoms with Crippen LogP contribution in [0.2, 0.25) is 0 Å². The minimum atomic E-state index is -0.557. The van der Waals surface area contributed by atoms with Crippen LogP contribution in [0, 0.1) is 11.6 Å². The zero-order chi connectivity index (χ0) is 16.9. The van der Waals surface area contributed by atoms with E-state index < -0.39 is 23.3 Å². The number of hydrogen-bond acceptors (Lipinski definition) is 3. The molecule has 22 heavy (non-hydrogen) atoms. The maximum atomic E-state index is 13.7. The number of ether oxygens (including phenoxy) is 1. The Bertz CT molecular complexity index is 515. The summed E-state index contributed by atoms with van der Waals surface area (Å²) in [5.41, 5.74) is -0.303. The number of benzene rings is 1. The van der Waals surface area contributed by atoms with Crippen molar-refractivity contribution in [2.75, 3.05) is 6.54 Å². The predicted molar refractivity (Wildman–Crippen MR) is 81.6 cm³/mol. The van der Waals surface area contributed by atoms with E-state index in [0.29, 0.717) is 6.54 Å². The van der Waals surface area contributed by atoms with Gasteiger partial charge in [-0.2, -0.15) is 0 Å². The third-order valence-corrected chi connectivity index (χ3v) is 2.91.